The Labute approximate surface area is 60.6 Å². The zero-order chi connectivity index (χ0) is 7.40. The van der Waals surface area contributed by atoms with Crippen molar-refractivity contribution in [1.29, 1.82) is 0 Å². The van der Waals surface area contributed by atoms with Crippen molar-refractivity contribution < 1.29 is 9.59 Å². The molecule has 0 saturated heterocycles. The Morgan fingerprint density at radius 3 is 2.30 bits per heavy atom. The minimum absolute atomic E-state index is 0.0613. The molecule has 0 N–H and O–H groups in total. The number of Topliss-reactive ketones (excluding diaryl/α,β-unsaturated/α-hetero) is 1. The monoisotopic (exact) mass is 140 g/mol. The third kappa shape index (κ3) is 1.66. The summed E-state index contributed by atoms with van der Waals surface area (Å²) in [6.07, 6.45) is 5.78. The van der Waals surface area contributed by atoms with Crippen molar-refractivity contribution in [2.24, 2.45) is 5.92 Å². The van der Waals surface area contributed by atoms with Gasteiger partial charge in [0.15, 0.2) is 12.1 Å². The molecule has 1 rings (SSSR count). The van der Waals surface area contributed by atoms with Crippen molar-refractivity contribution in [3.8, 4) is 0 Å². The molecule has 0 spiro atoms. The zero-order valence-corrected chi connectivity index (χ0v) is 6.01. The Kier molecular flexibility index (Phi) is 2.60. The van der Waals surface area contributed by atoms with Gasteiger partial charge in [0.25, 0.3) is 0 Å². The van der Waals surface area contributed by atoms with Gasteiger partial charge in [-0.2, -0.15) is 0 Å². The fourth-order valence-corrected chi connectivity index (χ4v) is 1.48. The molecule has 0 unspecified atom stereocenters. The summed E-state index contributed by atoms with van der Waals surface area (Å²) in [7, 11) is 0. The van der Waals surface area contributed by atoms with Crippen LogP contribution in [0.4, 0.5) is 0 Å². The van der Waals surface area contributed by atoms with Crippen LogP contribution >= 0.6 is 0 Å². The Morgan fingerprint density at radius 2 is 1.80 bits per heavy atom. The summed E-state index contributed by atoms with van der Waals surface area (Å²) in [6.45, 7) is 0. The average molecular weight is 140 g/mol. The van der Waals surface area contributed by atoms with Crippen LogP contribution in [0.15, 0.2) is 0 Å². The number of aldehydes is 1. The van der Waals surface area contributed by atoms with Crippen molar-refractivity contribution in [3.63, 3.8) is 0 Å². The lowest BCUT2D eigenvalue weighted by molar-refractivity contribution is -0.133. The van der Waals surface area contributed by atoms with E-state index in [0.29, 0.717) is 6.29 Å². The van der Waals surface area contributed by atoms with Crippen molar-refractivity contribution in [1.82, 2.24) is 0 Å². The first-order valence-corrected chi connectivity index (χ1v) is 3.83. The van der Waals surface area contributed by atoms with Crippen molar-refractivity contribution >= 4 is 12.1 Å². The van der Waals surface area contributed by atoms with Gasteiger partial charge in [-0.3, -0.25) is 9.59 Å². The summed E-state index contributed by atoms with van der Waals surface area (Å²) >= 11 is 0. The first-order valence-electron chi connectivity index (χ1n) is 3.83. The molecule has 1 fully saturated rings. The van der Waals surface area contributed by atoms with Gasteiger partial charge in [-0.1, -0.05) is 19.3 Å². The molecule has 2 heteroatoms. The molecule has 0 heterocycles. The summed E-state index contributed by atoms with van der Waals surface area (Å²) < 4.78 is 0. The first kappa shape index (κ1) is 7.45. The molecule has 0 bridgehead atoms. The zero-order valence-electron chi connectivity index (χ0n) is 6.01. The Balaban J connectivity index is 2.38. The Morgan fingerprint density at radius 1 is 1.20 bits per heavy atom. The molecule has 1 aliphatic carbocycles. The van der Waals surface area contributed by atoms with E-state index in [0.717, 1.165) is 25.7 Å². The van der Waals surface area contributed by atoms with Crippen LogP contribution in [0.5, 0.6) is 0 Å². The maximum Gasteiger partial charge on any atom is 0.198 e. The minimum Gasteiger partial charge on any atom is -0.295 e. The molecule has 10 heavy (non-hydrogen) atoms. The molecule has 0 amide bonds. The molecule has 0 atom stereocenters. The molecule has 0 aromatic carbocycles. The highest BCUT2D eigenvalue weighted by Crippen LogP contribution is 2.23. The molecule has 1 saturated carbocycles. The predicted molar refractivity (Wildman–Crippen MR) is 37.6 cm³/mol. The second-order valence-corrected chi connectivity index (χ2v) is 2.86. The number of ketones is 1. The highest BCUT2D eigenvalue weighted by Gasteiger charge is 2.19. The van der Waals surface area contributed by atoms with Gasteiger partial charge >= 0.3 is 0 Å². The van der Waals surface area contributed by atoms with Gasteiger partial charge < -0.3 is 0 Å². The second-order valence-electron chi connectivity index (χ2n) is 2.86. The molecule has 56 valence electrons. The van der Waals surface area contributed by atoms with Crippen LogP contribution in [0.1, 0.15) is 32.1 Å². The highest BCUT2D eigenvalue weighted by atomic mass is 16.2. The van der Waals surface area contributed by atoms with E-state index in [9.17, 15) is 9.59 Å². The van der Waals surface area contributed by atoms with Gasteiger partial charge in [0.2, 0.25) is 0 Å². The number of rotatable bonds is 2. The van der Waals surface area contributed by atoms with Crippen molar-refractivity contribution in [2.75, 3.05) is 0 Å². The van der Waals surface area contributed by atoms with Crippen LogP contribution in [0, 0.1) is 5.92 Å². The number of carbonyl (C=O) groups excluding carboxylic acids is 2. The molecular weight excluding hydrogens is 128 g/mol. The van der Waals surface area contributed by atoms with Crippen molar-refractivity contribution in [3.05, 3.63) is 0 Å². The minimum atomic E-state index is -0.195. The van der Waals surface area contributed by atoms with Crippen LogP contribution in [0.25, 0.3) is 0 Å². The number of hydrogen-bond donors (Lipinski definition) is 0. The van der Waals surface area contributed by atoms with E-state index < -0.39 is 0 Å². The fraction of sp³-hybridized carbons (Fsp3) is 0.750. The van der Waals surface area contributed by atoms with Crippen LogP contribution in [-0.4, -0.2) is 12.1 Å². The largest absolute Gasteiger partial charge is 0.295 e. The molecule has 2 nitrogen and oxygen atoms in total. The Hall–Kier alpha value is -0.660. The lowest BCUT2D eigenvalue weighted by Crippen LogP contribution is -2.18. The number of carbonyl (C=O) groups is 2. The van der Waals surface area contributed by atoms with Crippen LogP contribution in [0.2, 0.25) is 0 Å². The SMILES string of the molecule is O=CC(=O)C1CCCCC1. The van der Waals surface area contributed by atoms with Gasteiger partial charge in [-0.15, -0.1) is 0 Å². The van der Waals surface area contributed by atoms with Gasteiger partial charge in [0, 0.05) is 5.92 Å². The maximum atomic E-state index is 10.8. The highest BCUT2D eigenvalue weighted by molar-refractivity contribution is 6.25. The van der Waals surface area contributed by atoms with Crippen LogP contribution in [-0.2, 0) is 9.59 Å². The van der Waals surface area contributed by atoms with Gasteiger partial charge in [0.05, 0.1) is 0 Å². The van der Waals surface area contributed by atoms with Crippen LogP contribution in [0.3, 0.4) is 0 Å². The normalized spacial score (nSPS) is 20.4. The molecule has 0 aliphatic heterocycles. The summed E-state index contributed by atoms with van der Waals surface area (Å²) in [5.41, 5.74) is 0. The molecule has 0 aromatic heterocycles. The quantitative estimate of drug-likeness (QED) is 0.428. The standard InChI is InChI=1S/C8H12O2/c9-6-8(10)7-4-2-1-3-5-7/h6-7H,1-5H2. The van der Waals surface area contributed by atoms with Crippen LogP contribution < -0.4 is 0 Å². The molecule has 0 radical (unpaired) electrons. The first-order chi connectivity index (χ1) is 4.84. The smallest absolute Gasteiger partial charge is 0.198 e. The maximum absolute atomic E-state index is 10.8. The molecule has 1 aliphatic rings. The third-order valence-electron chi connectivity index (χ3n) is 2.12. The van der Waals surface area contributed by atoms with Gasteiger partial charge in [-0.25, -0.2) is 0 Å². The topological polar surface area (TPSA) is 34.1 Å². The van der Waals surface area contributed by atoms with Crippen molar-refractivity contribution in [2.45, 2.75) is 32.1 Å². The summed E-state index contributed by atoms with van der Waals surface area (Å²) in [5.74, 6) is -0.133. The summed E-state index contributed by atoms with van der Waals surface area (Å²) in [5, 5.41) is 0. The van der Waals surface area contributed by atoms with E-state index in [-0.39, 0.29) is 11.7 Å². The summed E-state index contributed by atoms with van der Waals surface area (Å²) in [6, 6.07) is 0. The summed E-state index contributed by atoms with van der Waals surface area (Å²) in [4.78, 5) is 20.9. The third-order valence-corrected chi connectivity index (χ3v) is 2.12. The predicted octanol–water partition coefficient (Wildman–Crippen LogP) is 1.33. The molecule has 0 aromatic rings. The second kappa shape index (κ2) is 3.49. The van der Waals surface area contributed by atoms with E-state index in [4.69, 9.17) is 0 Å². The Bertz CT molecular complexity index is 134. The molecular formula is C8H12O2. The van der Waals surface area contributed by atoms with E-state index in [1.54, 1.807) is 0 Å². The van der Waals surface area contributed by atoms with Gasteiger partial charge in [-0.05, 0) is 12.8 Å². The lowest BCUT2D eigenvalue weighted by Gasteiger charge is -2.17. The number of hydrogen-bond acceptors (Lipinski definition) is 2. The van der Waals surface area contributed by atoms with E-state index >= 15 is 0 Å². The average Bonchev–Trinajstić information content (AvgIpc) is 2.05. The van der Waals surface area contributed by atoms with E-state index in [1.165, 1.54) is 6.42 Å². The fourth-order valence-electron chi connectivity index (χ4n) is 1.48. The lowest BCUT2D eigenvalue weighted by atomic mass is 9.87. The van der Waals surface area contributed by atoms with Gasteiger partial charge in [0.1, 0.15) is 0 Å². The van der Waals surface area contributed by atoms with E-state index in [1.807, 2.05) is 0 Å². The van der Waals surface area contributed by atoms with E-state index in [2.05, 4.69) is 0 Å².